The van der Waals surface area contributed by atoms with Gasteiger partial charge in [-0.25, -0.2) is 0 Å². The first-order valence-corrected chi connectivity index (χ1v) is 7.85. The van der Waals surface area contributed by atoms with Crippen LogP contribution in [0.15, 0.2) is 30.3 Å². The summed E-state index contributed by atoms with van der Waals surface area (Å²) < 4.78 is 0. The van der Waals surface area contributed by atoms with Gasteiger partial charge in [-0.2, -0.15) is 0 Å². The van der Waals surface area contributed by atoms with E-state index >= 15 is 0 Å². The molecule has 0 unspecified atom stereocenters. The number of hydrogen-bond donors (Lipinski definition) is 1. The summed E-state index contributed by atoms with van der Waals surface area (Å²) in [5, 5.41) is 2.72. The normalized spacial score (nSPS) is 15.2. The number of hydrogen-bond acceptors (Lipinski definition) is 2. The second-order valence-corrected chi connectivity index (χ2v) is 6.01. The van der Waals surface area contributed by atoms with Crippen LogP contribution in [0.1, 0.15) is 38.2 Å². The van der Waals surface area contributed by atoms with Crippen molar-refractivity contribution in [3.05, 3.63) is 35.9 Å². The summed E-state index contributed by atoms with van der Waals surface area (Å²) in [4.78, 5) is 24.9. The molecular formula is C18H24N2O2. The molecule has 1 fully saturated rings. The Bertz CT molecular complexity index is 543. The summed E-state index contributed by atoms with van der Waals surface area (Å²) >= 11 is 0. The second-order valence-electron chi connectivity index (χ2n) is 6.01. The van der Waals surface area contributed by atoms with Gasteiger partial charge in [0.2, 0.25) is 11.8 Å². The first-order valence-electron chi connectivity index (χ1n) is 7.85. The highest BCUT2D eigenvalue weighted by atomic mass is 16.2. The number of carbonyl (C=O) groups is 2. The van der Waals surface area contributed by atoms with Crippen LogP contribution in [-0.2, 0) is 9.59 Å². The second kappa shape index (κ2) is 7.78. The van der Waals surface area contributed by atoms with E-state index in [0.717, 1.165) is 17.8 Å². The average molecular weight is 300 g/mol. The molecule has 0 aliphatic heterocycles. The van der Waals surface area contributed by atoms with Crippen molar-refractivity contribution in [1.29, 1.82) is 0 Å². The minimum absolute atomic E-state index is 0.0397. The van der Waals surface area contributed by atoms with Crippen molar-refractivity contribution in [1.82, 2.24) is 4.90 Å². The van der Waals surface area contributed by atoms with Gasteiger partial charge in [-0.05, 0) is 42.5 Å². The lowest BCUT2D eigenvalue weighted by molar-refractivity contribution is -0.125. The average Bonchev–Trinajstić information content (AvgIpc) is 2.98. The molecule has 0 spiro atoms. The number of likely N-dealkylation sites (N-methyl/N-ethyl adjacent to an activating group) is 1. The van der Waals surface area contributed by atoms with E-state index in [-0.39, 0.29) is 11.8 Å². The van der Waals surface area contributed by atoms with Gasteiger partial charge in [0.15, 0.2) is 0 Å². The number of anilines is 1. The van der Waals surface area contributed by atoms with E-state index in [1.54, 1.807) is 11.0 Å². The predicted molar refractivity (Wildman–Crippen MR) is 89.4 cm³/mol. The van der Waals surface area contributed by atoms with Crippen LogP contribution in [0.5, 0.6) is 0 Å². The smallest absolute Gasteiger partial charge is 0.246 e. The van der Waals surface area contributed by atoms with E-state index in [2.05, 4.69) is 5.32 Å². The Morgan fingerprint density at radius 3 is 2.45 bits per heavy atom. The van der Waals surface area contributed by atoms with Gasteiger partial charge >= 0.3 is 0 Å². The van der Waals surface area contributed by atoms with Crippen LogP contribution in [0.4, 0.5) is 5.69 Å². The fourth-order valence-corrected chi connectivity index (χ4v) is 2.85. The van der Waals surface area contributed by atoms with Gasteiger partial charge in [0.25, 0.3) is 0 Å². The molecule has 22 heavy (non-hydrogen) atoms. The Balaban J connectivity index is 1.86. The third kappa shape index (κ3) is 5.02. The molecule has 2 rings (SSSR count). The molecule has 2 amide bonds. The van der Waals surface area contributed by atoms with Crippen LogP contribution in [0, 0.1) is 5.92 Å². The van der Waals surface area contributed by atoms with Crippen molar-refractivity contribution in [2.24, 2.45) is 5.92 Å². The zero-order valence-corrected chi connectivity index (χ0v) is 13.3. The maximum absolute atomic E-state index is 12.1. The highest BCUT2D eigenvalue weighted by Gasteiger charge is 2.18. The third-order valence-electron chi connectivity index (χ3n) is 4.03. The van der Waals surface area contributed by atoms with Gasteiger partial charge in [-0.3, -0.25) is 9.59 Å². The molecule has 4 nitrogen and oxygen atoms in total. The van der Waals surface area contributed by atoms with E-state index in [1.807, 2.05) is 37.4 Å². The van der Waals surface area contributed by atoms with Gasteiger partial charge in [0, 0.05) is 32.3 Å². The van der Waals surface area contributed by atoms with Crippen LogP contribution in [0.2, 0.25) is 0 Å². The van der Waals surface area contributed by atoms with Gasteiger partial charge in [0.1, 0.15) is 0 Å². The van der Waals surface area contributed by atoms with Crippen LogP contribution >= 0.6 is 0 Å². The quantitative estimate of drug-likeness (QED) is 0.848. The Morgan fingerprint density at radius 2 is 1.86 bits per heavy atom. The molecule has 0 atom stereocenters. The van der Waals surface area contributed by atoms with E-state index in [4.69, 9.17) is 0 Å². The van der Waals surface area contributed by atoms with E-state index in [1.165, 1.54) is 32.6 Å². The molecule has 1 N–H and O–H groups in total. The summed E-state index contributed by atoms with van der Waals surface area (Å²) in [6, 6.07) is 7.42. The van der Waals surface area contributed by atoms with Gasteiger partial charge < -0.3 is 10.2 Å². The Hall–Kier alpha value is -2.10. The van der Waals surface area contributed by atoms with Crippen molar-refractivity contribution >= 4 is 23.6 Å². The minimum atomic E-state index is -0.0907. The van der Waals surface area contributed by atoms with E-state index in [9.17, 15) is 9.59 Å². The van der Waals surface area contributed by atoms with E-state index < -0.39 is 0 Å². The molecule has 1 aliphatic carbocycles. The molecule has 4 heteroatoms. The van der Waals surface area contributed by atoms with Crippen LogP contribution < -0.4 is 5.32 Å². The molecule has 1 aliphatic rings. The van der Waals surface area contributed by atoms with Crippen molar-refractivity contribution in [2.45, 2.75) is 32.6 Å². The predicted octanol–water partition coefficient (Wildman–Crippen LogP) is 3.31. The number of nitrogens with zero attached hydrogens (tertiary/aromatic N) is 1. The van der Waals surface area contributed by atoms with Gasteiger partial charge in [-0.15, -0.1) is 0 Å². The van der Waals surface area contributed by atoms with Crippen molar-refractivity contribution < 1.29 is 9.59 Å². The van der Waals surface area contributed by atoms with Crippen molar-refractivity contribution in [3.8, 4) is 0 Å². The number of nitrogens with one attached hydrogen (secondary N) is 1. The lowest BCUT2D eigenvalue weighted by atomic mass is 10.1. The molecule has 0 heterocycles. The number of amides is 2. The number of rotatable bonds is 5. The Kier molecular flexibility index (Phi) is 5.75. The summed E-state index contributed by atoms with van der Waals surface area (Å²) in [7, 11) is 1.87. The highest BCUT2D eigenvalue weighted by molar-refractivity contribution is 5.92. The minimum Gasteiger partial charge on any atom is -0.342 e. The van der Waals surface area contributed by atoms with Gasteiger partial charge in [-0.1, -0.05) is 25.0 Å². The molecular weight excluding hydrogens is 276 g/mol. The van der Waals surface area contributed by atoms with Crippen molar-refractivity contribution in [3.63, 3.8) is 0 Å². The topological polar surface area (TPSA) is 49.4 Å². The molecule has 1 aromatic rings. The molecule has 1 saturated carbocycles. The zero-order chi connectivity index (χ0) is 15.9. The molecule has 0 bridgehead atoms. The zero-order valence-electron chi connectivity index (χ0n) is 13.3. The van der Waals surface area contributed by atoms with Crippen LogP contribution in [0.25, 0.3) is 6.08 Å². The maximum atomic E-state index is 12.1. The maximum Gasteiger partial charge on any atom is 0.246 e. The lowest BCUT2D eigenvalue weighted by Crippen LogP contribution is -2.29. The Labute approximate surface area is 132 Å². The Morgan fingerprint density at radius 1 is 1.23 bits per heavy atom. The standard InChI is InChI=1S/C18H24N2O2/c1-14(21)19-17-10-7-15(8-11-17)9-12-18(22)20(2)13-16-5-3-4-6-16/h7-12,16H,3-6,13H2,1-2H3,(H,19,21)/b12-9+. The number of carbonyl (C=O) groups excluding carboxylic acids is 2. The van der Waals surface area contributed by atoms with Crippen LogP contribution in [-0.4, -0.2) is 30.3 Å². The van der Waals surface area contributed by atoms with Gasteiger partial charge in [0.05, 0.1) is 0 Å². The molecule has 118 valence electrons. The summed E-state index contributed by atoms with van der Waals surface area (Å²) in [5.74, 6) is 0.615. The lowest BCUT2D eigenvalue weighted by Gasteiger charge is -2.19. The molecule has 0 aromatic heterocycles. The molecule has 1 aromatic carbocycles. The third-order valence-corrected chi connectivity index (χ3v) is 4.03. The number of benzene rings is 1. The summed E-state index contributed by atoms with van der Waals surface area (Å²) in [6.07, 6.45) is 8.50. The van der Waals surface area contributed by atoms with Crippen molar-refractivity contribution in [2.75, 3.05) is 18.9 Å². The fourth-order valence-electron chi connectivity index (χ4n) is 2.85. The first kappa shape index (κ1) is 16.3. The largest absolute Gasteiger partial charge is 0.342 e. The molecule has 0 radical (unpaired) electrons. The van der Waals surface area contributed by atoms with Crippen LogP contribution in [0.3, 0.4) is 0 Å². The van der Waals surface area contributed by atoms with E-state index in [0.29, 0.717) is 5.92 Å². The highest BCUT2D eigenvalue weighted by Crippen LogP contribution is 2.25. The summed E-state index contributed by atoms with van der Waals surface area (Å²) in [6.45, 7) is 2.33. The molecule has 0 saturated heterocycles. The SMILES string of the molecule is CC(=O)Nc1ccc(/C=C/C(=O)N(C)CC2CCCC2)cc1. The fraction of sp³-hybridized carbons (Fsp3) is 0.444. The monoisotopic (exact) mass is 300 g/mol. The first-order chi connectivity index (χ1) is 10.5. The summed E-state index contributed by atoms with van der Waals surface area (Å²) in [5.41, 5.74) is 1.70.